The summed E-state index contributed by atoms with van der Waals surface area (Å²) in [6.45, 7) is -0.750. The molecule has 2 aromatic rings. The Morgan fingerprint density at radius 1 is 0.970 bits per heavy atom. The van der Waals surface area contributed by atoms with Gasteiger partial charge in [0.1, 0.15) is 18.6 Å². The van der Waals surface area contributed by atoms with Crippen molar-refractivity contribution in [3.63, 3.8) is 0 Å². The first-order chi connectivity index (χ1) is 15.6. The van der Waals surface area contributed by atoms with E-state index in [1.165, 1.54) is 0 Å². The van der Waals surface area contributed by atoms with Gasteiger partial charge in [0.05, 0.1) is 12.5 Å². The third-order valence-electron chi connectivity index (χ3n) is 4.69. The minimum absolute atomic E-state index is 0.159. The highest BCUT2D eigenvalue weighted by Crippen LogP contribution is 2.18. The number of carboxylic acids is 2. The maximum absolute atomic E-state index is 12.6. The van der Waals surface area contributed by atoms with Crippen molar-refractivity contribution >= 4 is 53.2 Å². The number of hydrogen-bond donors (Lipinski definition) is 8. The van der Waals surface area contributed by atoms with Crippen molar-refractivity contribution in [1.29, 1.82) is 0 Å². The molecule has 0 aliphatic carbocycles. The first kappa shape index (κ1) is 25.7. The maximum atomic E-state index is 12.6. The van der Waals surface area contributed by atoms with E-state index < -0.39 is 60.8 Å². The van der Waals surface area contributed by atoms with Crippen LogP contribution in [0.5, 0.6) is 0 Å². The van der Waals surface area contributed by atoms with Crippen molar-refractivity contribution < 1.29 is 34.2 Å². The van der Waals surface area contributed by atoms with Gasteiger partial charge in [0, 0.05) is 22.9 Å². The lowest BCUT2D eigenvalue weighted by atomic mass is 10.0. The Kier molecular flexibility index (Phi) is 9.24. The number of carboxylic acid groups (broad SMARTS) is 2. The third-order valence-corrected chi connectivity index (χ3v) is 5.06. The Morgan fingerprint density at radius 2 is 1.64 bits per heavy atom. The SMILES string of the molecule is NC(Cc1c[nH]c2ccccc12)C(=O)NC(CS)C(=O)NC(CC(=O)O)C(=O)NCC(=O)O. The van der Waals surface area contributed by atoms with E-state index in [9.17, 15) is 24.0 Å². The molecular weight excluding hydrogens is 454 g/mol. The zero-order valence-corrected chi connectivity index (χ0v) is 18.3. The van der Waals surface area contributed by atoms with Crippen LogP contribution in [0.15, 0.2) is 30.5 Å². The molecule has 0 aliphatic rings. The number of rotatable bonds is 12. The molecule has 13 heteroatoms. The van der Waals surface area contributed by atoms with Crippen LogP contribution in [-0.2, 0) is 30.4 Å². The number of H-pyrrole nitrogens is 1. The number of nitrogens with two attached hydrogens (primary N) is 1. The molecule has 0 aliphatic heterocycles. The monoisotopic (exact) mass is 479 g/mol. The third kappa shape index (κ3) is 7.50. The standard InChI is InChI=1S/C20H25N5O7S/c21-12(5-10-7-22-13-4-2-1-3-11(10)13)18(30)25-15(9-33)20(32)24-14(6-16(26)27)19(31)23-8-17(28)29/h1-4,7,12,14-15,22,33H,5-6,8-9,21H2,(H,23,31)(H,24,32)(H,25,30)(H,26,27)(H,28,29). The minimum Gasteiger partial charge on any atom is -0.481 e. The zero-order valence-electron chi connectivity index (χ0n) is 17.4. The Morgan fingerprint density at radius 3 is 2.27 bits per heavy atom. The van der Waals surface area contributed by atoms with Crippen LogP contribution in [-0.4, -0.2) is 75.3 Å². The highest BCUT2D eigenvalue weighted by Gasteiger charge is 2.29. The number of thiol groups is 1. The largest absolute Gasteiger partial charge is 0.481 e. The van der Waals surface area contributed by atoms with E-state index in [1.54, 1.807) is 6.20 Å². The molecule has 0 saturated carbocycles. The fourth-order valence-corrected chi connectivity index (χ4v) is 3.30. The van der Waals surface area contributed by atoms with Crippen molar-refractivity contribution in [1.82, 2.24) is 20.9 Å². The van der Waals surface area contributed by atoms with Gasteiger partial charge >= 0.3 is 11.9 Å². The van der Waals surface area contributed by atoms with Crippen LogP contribution in [0.4, 0.5) is 0 Å². The van der Waals surface area contributed by atoms with Gasteiger partial charge in [0.2, 0.25) is 17.7 Å². The van der Waals surface area contributed by atoms with Gasteiger partial charge in [-0.05, 0) is 18.1 Å². The number of carbonyl (C=O) groups excluding carboxylic acids is 3. The fraction of sp³-hybridized carbons (Fsp3) is 0.350. The van der Waals surface area contributed by atoms with E-state index in [2.05, 4.69) is 28.2 Å². The van der Waals surface area contributed by atoms with Gasteiger partial charge in [-0.25, -0.2) is 0 Å². The molecule has 178 valence electrons. The van der Waals surface area contributed by atoms with Gasteiger partial charge < -0.3 is 36.9 Å². The normalized spacial score (nSPS) is 13.5. The summed E-state index contributed by atoms with van der Waals surface area (Å²) in [5.41, 5.74) is 7.71. The van der Waals surface area contributed by atoms with Crippen LogP contribution in [0.2, 0.25) is 0 Å². The van der Waals surface area contributed by atoms with E-state index in [0.717, 1.165) is 16.5 Å². The number of carbonyl (C=O) groups is 5. The molecule has 2 rings (SSSR count). The highest BCUT2D eigenvalue weighted by molar-refractivity contribution is 7.80. The second kappa shape index (κ2) is 11.9. The lowest BCUT2D eigenvalue weighted by molar-refractivity contribution is -0.141. The quantitative estimate of drug-likeness (QED) is 0.170. The van der Waals surface area contributed by atoms with E-state index in [0.29, 0.717) is 0 Å². The molecule has 1 aromatic heterocycles. The number of fused-ring (bicyclic) bond motifs is 1. The van der Waals surface area contributed by atoms with Crippen LogP contribution in [0.3, 0.4) is 0 Å². The zero-order chi connectivity index (χ0) is 24.5. The average Bonchev–Trinajstić information content (AvgIpc) is 3.17. The summed E-state index contributed by atoms with van der Waals surface area (Å²) in [5.74, 6) is -5.39. The van der Waals surface area contributed by atoms with Gasteiger partial charge in [-0.2, -0.15) is 12.6 Å². The Hall–Kier alpha value is -3.58. The molecule has 12 nitrogen and oxygen atoms in total. The number of hydrogen-bond acceptors (Lipinski definition) is 7. The van der Waals surface area contributed by atoms with E-state index in [4.69, 9.17) is 15.9 Å². The predicted octanol–water partition coefficient (Wildman–Crippen LogP) is -1.39. The molecule has 8 N–H and O–H groups in total. The second-order valence-corrected chi connectivity index (χ2v) is 7.55. The molecular formula is C20H25N5O7S. The van der Waals surface area contributed by atoms with Crippen LogP contribution in [0.1, 0.15) is 12.0 Å². The Bertz CT molecular complexity index is 1040. The number of nitrogens with one attached hydrogen (secondary N) is 4. The van der Waals surface area contributed by atoms with Crippen molar-refractivity contribution in [3.8, 4) is 0 Å². The van der Waals surface area contributed by atoms with Crippen LogP contribution < -0.4 is 21.7 Å². The van der Waals surface area contributed by atoms with Gasteiger partial charge in [-0.1, -0.05) is 18.2 Å². The molecule has 3 amide bonds. The Balaban J connectivity index is 2.00. The summed E-state index contributed by atoms with van der Waals surface area (Å²) >= 11 is 4.03. The topological polar surface area (TPSA) is 204 Å². The van der Waals surface area contributed by atoms with Gasteiger partial charge in [0.25, 0.3) is 0 Å². The van der Waals surface area contributed by atoms with E-state index >= 15 is 0 Å². The lowest BCUT2D eigenvalue weighted by Crippen LogP contribution is -2.57. The van der Waals surface area contributed by atoms with Crippen LogP contribution in [0.25, 0.3) is 10.9 Å². The molecule has 0 radical (unpaired) electrons. The molecule has 3 atom stereocenters. The first-order valence-electron chi connectivity index (χ1n) is 9.85. The number of benzene rings is 1. The van der Waals surface area contributed by atoms with Gasteiger partial charge in [-0.3, -0.25) is 24.0 Å². The van der Waals surface area contributed by atoms with E-state index in [1.807, 2.05) is 29.6 Å². The van der Waals surface area contributed by atoms with Crippen LogP contribution in [0, 0.1) is 0 Å². The van der Waals surface area contributed by atoms with Gasteiger partial charge in [0.15, 0.2) is 0 Å². The molecule has 1 heterocycles. The minimum atomic E-state index is -1.55. The van der Waals surface area contributed by atoms with Crippen molar-refractivity contribution in [2.24, 2.45) is 5.73 Å². The summed E-state index contributed by atoms with van der Waals surface area (Å²) in [6, 6.07) is 3.73. The molecule has 0 bridgehead atoms. The Labute approximate surface area is 193 Å². The predicted molar refractivity (Wildman–Crippen MR) is 121 cm³/mol. The molecule has 0 fully saturated rings. The first-order valence-corrected chi connectivity index (χ1v) is 10.5. The fourth-order valence-electron chi connectivity index (χ4n) is 3.05. The van der Waals surface area contributed by atoms with Gasteiger partial charge in [-0.15, -0.1) is 0 Å². The summed E-state index contributed by atoms with van der Waals surface area (Å²) in [7, 11) is 0. The number of aromatic amines is 1. The molecule has 0 saturated heterocycles. The molecule has 3 unspecified atom stereocenters. The van der Waals surface area contributed by atoms with E-state index in [-0.39, 0.29) is 12.2 Å². The molecule has 33 heavy (non-hydrogen) atoms. The number of para-hydroxylation sites is 1. The average molecular weight is 480 g/mol. The lowest BCUT2D eigenvalue weighted by Gasteiger charge is -2.22. The molecule has 1 aromatic carbocycles. The summed E-state index contributed by atoms with van der Waals surface area (Å²) in [6.07, 6.45) is 1.15. The maximum Gasteiger partial charge on any atom is 0.322 e. The summed E-state index contributed by atoms with van der Waals surface area (Å²) in [4.78, 5) is 61.9. The smallest absolute Gasteiger partial charge is 0.322 e. The van der Waals surface area contributed by atoms with Crippen molar-refractivity contribution in [2.75, 3.05) is 12.3 Å². The van der Waals surface area contributed by atoms with Crippen LogP contribution >= 0.6 is 12.6 Å². The number of aromatic nitrogens is 1. The summed E-state index contributed by atoms with van der Waals surface area (Å²) < 4.78 is 0. The highest BCUT2D eigenvalue weighted by atomic mass is 32.1. The summed E-state index contributed by atoms with van der Waals surface area (Å²) in [5, 5.41) is 25.2. The number of amides is 3. The van der Waals surface area contributed by atoms with Crippen molar-refractivity contribution in [3.05, 3.63) is 36.0 Å². The number of aliphatic carboxylic acids is 2. The molecule has 0 spiro atoms. The van der Waals surface area contributed by atoms with Crippen molar-refractivity contribution in [2.45, 2.75) is 31.0 Å². The second-order valence-electron chi connectivity index (χ2n) is 7.18.